The second-order valence-corrected chi connectivity index (χ2v) is 5.82. The van der Waals surface area contributed by atoms with Gasteiger partial charge in [0, 0.05) is 20.3 Å². The van der Waals surface area contributed by atoms with E-state index >= 15 is 0 Å². The number of nitrogens with two attached hydrogens (primary N) is 1. The van der Waals surface area contributed by atoms with Crippen LogP contribution in [0.4, 0.5) is 0 Å². The van der Waals surface area contributed by atoms with Crippen LogP contribution >= 0.6 is 0 Å². The minimum Gasteiger partial charge on any atom is -0.449 e. The van der Waals surface area contributed by atoms with Gasteiger partial charge in [-0.3, -0.25) is 4.79 Å². The lowest BCUT2D eigenvalue weighted by atomic mass is 9.90. The van der Waals surface area contributed by atoms with Crippen molar-refractivity contribution in [2.75, 3.05) is 0 Å². The number of carbonyl (C=O) groups excluding carboxylic acids is 1. The number of amides is 1. The van der Waals surface area contributed by atoms with Gasteiger partial charge in [-0.15, -0.1) is 0 Å². The fourth-order valence-corrected chi connectivity index (χ4v) is 2.57. The van der Waals surface area contributed by atoms with E-state index in [-0.39, 0.29) is 11.8 Å². The van der Waals surface area contributed by atoms with Gasteiger partial charge in [0.15, 0.2) is 11.5 Å². The minimum atomic E-state index is -0.621. The van der Waals surface area contributed by atoms with E-state index in [2.05, 4.69) is 6.92 Å². The molecule has 1 atom stereocenters. The zero-order valence-corrected chi connectivity index (χ0v) is 12.4. The topological polar surface area (TPSA) is 61.6 Å². The van der Waals surface area contributed by atoms with Gasteiger partial charge in [-0.05, 0) is 30.0 Å². The van der Waals surface area contributed by atoms with Crippen LogP contribution in [0.2, 0.25) is 0 Å². The molecule has 4 heteroatoms. The molecule has 0 aliphatic carbocycles. The lowest BCUT2D eigenvalue weighted by Gasteiger charge is -2.16. The highest BCUT2D eigenvalue weighted by Crippen LogP contribution is 2.41. The van der Waals surface area contributed by atoms with Crippen LogP contribution in [0.15, 0.2) is 18.2 Å². The molecule has 2 N–H and O–H groups in total. The number of primary amides is 1. The summed E-state index contributed by atoms with van der Waals surface area (Å²) in [5, 5.41) is 0. The molecule has 0 fully saturated rings. The van der Waals surface area contributed by atoms with Gasteiger partial charge < -0.3 is 15.2 Å². The maximum Gasteiger partial charge on any atom is 0.246 e. The second-order valence-electron chi connectivity index (χ2n) is 5.82. The first-order valence-electron chi connectivity index (χ1n) is 7.21. The van der Waals surface area contributed by atoms with Crippen molar-refractivity contribution in [1.82, 2.24) is 0 Å². The first kappa shape index (κ1) is 14.7. The van der Waals surface area contributed by atoms with Crippen molar-refractivity contribution < 1.29 is 14.3 Å². The predicted molar refractivity (Wildman–Crippen MR) is 77.9 cm³/mol. The lowest BCUT2D eigenvalue weighted by Crippen LogP contribution is -2.29. The summed E-state index contributed by atoms with van der Waals surface area (Å²) in [6, 6.07) is 5.90. The fourth-order valence-electron chi connectivity index (χ4n) is 2.57. The van der Waals surface area contributed by atoms with Crippen LogP contribution in [0.25, 0.3) is 0 Å². The molecule has 1 unspecified atom stereocenters. The van der Waals surface area contributed by atoms with E-state index in [1.165, 1.54) is 0 Å². The molecule has 1 amide bonds. The van der Waals surface area contributed by atoms with Gasteiger partial charge >= 0.3 is 0 Å². The highest BCUT2D eigenvalue weighted by atomic mass is 16.7. The Kier molecular flexibility index (Phi) is 4.21. The molecule has 1 aromatic carbocycles. The van der Waals surface area contributed by atoms with E-state index in [1.54, 1.807) is 0 Å². The summed E-state index contributed by atoms with van der Waals surface area (Å²) in [6.07, 6.45) is 3.52. The third kappa shape index (κ3) is 3.44. The number of fused-ring (bicyclic) bond motifs is 1. The van der Waals surface area contributed by atoms with E-state index in [4.69, 9.17) is 15.2 Å². The van der Waals surface area contributed by atoms with Gasteiger partial charge in [-0.1, -0.05) is 25.8 Å². The maximum absolute atomic E-state index is 11.2. The van der Waals surface area contributed by atoms with Crippen molar-refractivity contribution in [2.45, 2.75) is 58.2 Å². The van der Waals surface area contributed by atoms with Gasteiger partial charge in [0.1, 0.15) is 0 Å². The Morgan fingerprint density at radius 3 is 2.65 bits per heavy atom. The lowest BCUT2D eigenvalue weighted by molar-refractivity contribution is -0.118. The van der Waals surface area contributed by atoms with E-state index in [9.17, 15) is 4.79 Å². The average Bonchev–Trinajstić information content (AvgIpc) is 2.66. The number of carbonyl (C=O) groups is 1. The van der Waals surface area contributed by atoms with Crippen molar-refractivity contribution in [1.29, 1.82) is 0 Å². The fraction of sp³-hybridized carbons (Fsp3) is 0.562. The molecule has 1 aliphatic rings. The van der Waals surface area contributed by atoms with Crippen LogP contribution < -0.4 is 15.2 Å². The van der Waals surface area contributed by atoms with E-state index in [1.807, 2.05) is 32.0 Å². The average molecular weight is 277 g/mol. The Morgan fingerprint density at radius 2 is 2.00 bits per heavy atom. The molecular formula is C16H23NO3. The van der Waals surface area contributed by atoms with Crippen molar-refractivity contribution in [3.05, 3.63) is 23.8 Å². The summed E-state index contributed by atoms with van der Waals surface area (Å²) in [7, 11) is 0. The second kappa shape index (κ2) is 5.73. The van der Waals surface area contributed by atoms with Gasteiger partial charge in [-0.2, -0.15) is 0 Å². The predicted octanol–water partition coefficient (Wildman–Crippen LogP) is 3.34. The number of hydrogen-bond donors (Lipinski definition) is 1. The summed E-state index contributed by atoms with van der Waals surface area (Å²) in [5.41, 5.74) is 6.46. The molecule has 0 saturated heterocycles. The smallest absolute Gasteiger partial charge is 0.246 e. The summed E-state index contributed by atoms with van der Waals surface area (Å²) in [4.78, 5) is 11.2. The largest absolute Gasteiger partial charge is 0.449 e. The minimum absolute atomic E-state index is 0.157. The van der Waals surface area contributed by atoms with Gasteiger partial charge in [-0.25, -0.2) is 0 Å². The van der Waals surface area contributed by atoms with Crippen molar-refractivity contribution in [3.8, 4) is 11.5 Å². The van der Waals surface area contributed by atoms with E-state index in [0.29, 0.717) is 6.42 Å². The number of benzene rings is 1. The molecule has 0 bridgehead atoms. The summed E-state index contributed by atoms with van der Waals surface area (Å²) < 4.78 is 11.4. The number of hydrogen-bond acceptors (Lipinski definition) is 3. The molecule has 0 radical (unpaired) electrons. The molecule has 110 valence electrons. The Morgan fingerprint density at radius 1 is 1.30 bits per heavy atom. The summed E-state index contributed by atoms with van der Waals surface area (Å²) in [5.74, 6) is 0.781. The zero-order chi connectivity index (χ0) is 14.8. The highest BCUT2D eigenvalue weighted by molar-refractivity contribution is 5.74. The molecule has 1 aliphatic heterocycles. The standard InChI is InChI=1S/C16H23NO3/c1-4-5-6-11(10-15(17)18)12-7-8-13-14(9-12)20-16(2,3)19-13/h7-9,11H,4-6,10H2,1-3H3,(H2,17,18). The van der Waals surface area contributed by atoms with Crippen LogP contribution in [0, 0.1) is 0 Å². The molecule has 4 nitrogen and oxygen atoms in total. The Hall–Kier alpha value is -1.71. The Balaban J connectivity index is 2.20. The first-order chi connectivity index (χ1) is 9.41. The van der Waals surface area contributed by atoms with Crippen LogP contribution in [0.1, 0.15) is 57.9 Å². The monoisotopic (exact) mass is 277 g/mol. The van der Waals surface area contributed by atoms with Crippen molar-refractivity contribution >= 4 is 5.91 Å². The molecule has 1 heterocycles. The van der Waals surface area contributed by atoms with E-state index in [0.717, 1.165) is 36.3 Å². The van der Waals surface area contributed by atoms with Crippen molar-refractivity contribution in [2.24, 2.45) is 5.73 Å². The third-order valence-corrected chi connectivity index (χ3v) is 3.50. The molecular weight excluding hydrogens is 254 g/mol. The molecule has 1 aromatic rings. The van der Waals surface area contributed by atoms with Gasteiger partial charge in [0.25, 0.3) is 0 Å². The van der Waals surface area contributed by atoms with Crippen LogP contribution in [0.5, 0.6) is 11.5 Å². The number of ether oxygens (including phenoxy) is 2. The molecule has 0 saturated carbocycles. The number of rotatable bonds is 6. The van der Waals surface area contributed by atoms with Crippen molar-refractivity contribution in [3.63, 3.8) is 0 Å². The van der Waals surface area contributed by atoms with Crippen LogP contribution in [-0.2, 0) is 4.79 Å². The Bertz CT molecular complexity index is 496. The molecule has 20 heavy (non-hydrogen) atoms. The van der Waals surface area contributed by atoms with Crippen LogP contribution in [0.3, 0.4) is 0 Å². The number of unbranched alkanes of at least 4 members (excludes halogenated alkanes) is 1. The highest BCUT2D eigenvalue weighted by Gasteiger charge is 2.32. The van der Waals surface area contributed by atoms with E-state index < -0.39 is 5.79 Å². The van der Waals surface area contributed by atoms with Crippen LogP contribution in [-0.4, -0.2) is 11.7 Å². The normalized spacial score (nSPS) is 16.9. The molecule has 2 rings (SSSR count). The quantitative estimate of drug-likeness (QED) is 0.867. The maximum atomic E-state index is 11.2. The zero-order valence-electron chi connectivity index (χ0n) is 12.4. The summed E-state index contributed by atoms with van der Waals surface area (Å²) in [6.45, 7) is 5.90. The molecule has 0 aromatic heterocycles. The summed E-state index contributed by atoms with van der Waals surface area (Å²) >= 11 is 0. The molecule has 0 spiro atoms. The SMILES string of the molecule is CCCCC(CC(N)=O)c1ccc2c(c1)OC(C)(C)O2. The van der Waals surface area contributed by atoms with Gasteiger partial charge in [0.05, 0.1) is 0 Å². The first-order valence-corrected chi connectivity index (χ1v) is 7.21. The van der Waals surface area contributed by atoms with Gasteiger partial charge in [0.2, 0.25) is 11.7 Å². The Labute approximate surface area is 120 Å². The third-order valence-electron chi connectivity index (χ3n) is 3.50.